The summed E-state index contributed by atoms with van der Waals surface area (Å²) in [4.78, 5) is 0. The van der Waals surface area contributed by atoms with Crippen LogP contribution in [0.25, 0.3) is 0 Å². The maximum atomic E-state index is 5.54. The number of nitrogens with one attached hydrogen (secondary N) is 1. The van der Waals surface area contributed by atoms with Gasteiger partial charge in [0.2, 0.25) is 0 Å². The molecule has 0 amide bonds. The minimum absolute atomic E-state index is 0.421. The Bertz CT molecular complexity index is 394. The molecular weight excluding hydrogens is 242 g/mol. The van der Waals surface area contributed by atoms with Crippen molar-refractivity contribution < 1.29 is 4.74 Å². The number of hydrogen-bond acceptors (Lipinski definition) is 3. The van der Waals surface area contributed by atoms with Crippen molar-refractivity contribution in [2.45, 2.75) is 38.0 Å². The minimum atomic E-state index is 0.421. The molecule has 1 heterocycles. The van der Waals surface area contributed by atoms with Gasteiger partial charge in [0.25, 0.3) is 0 Å². The van der Waals surface area contributed by atoms with E-state index in [9.17, 15) is 0 Å². The third kappa shape index (κ3) is 3.42. The SMILES string of the molecule is CSC(C)CCNC(C)c1ccc2c(c1)CCO2. The summed E-state index contributed by atoms with van der Waals surface area (Å²) >= 11 is 1.93. The Balaban J connectivity index is 1.87. The summed E-state index contributed by atoms with van der Waals surface area (Å²) in [6, 6.07) is 7.00. The lowest BCUT2D eigenvalue weighted by molar-refractivity contribution is 0.356. The van der Waals surface area contributed by atoms with Crippen molar-refractivity contribution in [2.24, 2.45) is 0 Å². The number of rotatable bonds is 6. The van der Waals surface area contributed by atoms with Crippen molar-refractivity contribution >= 4 is 11.8 Å². The van der Waals surface area contributed by atoms with Crippen molar-refractivity contribution in [3.63, 3.8) is 0 Å². The monoisotopic (exact) mass is 265 g/mol. The van der Waals surface area contributed by atoms with Crippen LogP contribution >= 0.6 is 11.8 Å². The van der Waals surface area contributed by atoms with E-state index in [0.717, 1.165) is 30.6 Å². The lowest BCUT2D eigenvalue weighted by atomic mass is 10.0. The molecule has 2 unspecified atom stereocenters. The fraction of sp³-hybridized carbons (Fsp3) is 0.600. The van der Waals surface area contributed by atoms with Crippen LogP contribution in [0.2, 0.25) is 0 Å². The standard InChI is InChI=1S/C15H23NOS/c1-11(18-3)6-8-16-12(2)13-4-5-15-14(10-13)7-9-17-15/h4-5,10-12,16H,6-9H2,1-3H3. The topological polar surface area (TPSA) is 21.3 Å². The first-order valence-corrected chi connectivity index (χ1v) is 8.01. The van der Waals surface area contributed by atoms with Crippen LogP contribution in [0.5, 0.6) is 5.75 Å². The second kappa shape index (κ2) is 6.48. The van der Waals surface area contributed by atoms with Gasteiger partial charge in [-0.15, -0.1) is 0 Å². The molecule has 0 fully saturated rings. The second-order valence-electron chi connectivity index (χ2n) is 4.98. The van der Waals surface area contributed by atoms with Crippen LogP contribution in [0.3, 0.4) is 0 Å². The highest BCUT2D eigenvalue weighted by atomic mass is 32.2. The zero-order valence-electron chi connectivity index (χ0n) is 11.5. The summed E-state index contributed by atoms with van der Waals surface area (Å²) in [6.45, 7) is 6.44. The van der Waals surface area contributed by atoms with Crippen LogP contribution in [-0.4, -0.2) is 24.7 Å². The molecule has 1 aromatic carbocycles. The number of fused-ring (bicyclic) bond motifs is 1. The predicted octanol–water partition coefficient (Wildman–Crippen LogP) is 3.41. The van der Waals surface area contributed by atoms with E-state index in [4.69, 9.17) is 4.74 Å². The largest absolute Gasteiger partial charge is 0.493 e. The Labute approximate surface area is 114 Å². The van der Waals surface area contributed by atoms with E-state index in [1.165, 1.54) is 17.5 Å². The molecule has 1 aliphatic heterocycles. The lowest BCUT2D eigenvalue weighted by Gasteiger charge is -2.16. The van der Waals surface area contributed by atoms with Gasteiger partial charge in [-0.05, 0) is 43.3 Å². The van der Waals surface area contributed by atoms with E-state index in [1.807, 2.05) is 11.8 Å². The molecular formula is C15H23NOS. The highest BCUT2D eigenvalue weighted by molar-refractivity contribution is 7.99. The molecule has 1 aliphatic rings. The van der Waals surface area contributed by atoms with Crippen molar-refractivity contribution in [1.82, 2.24) is 5.32 Å². The van der Waals surface area contributed by atoms with Crippen LogP contribution in [0, 0.1) is 0 Å². The third-order valence-electron chi connectivity index (χ3n) is 3.62. The molecule has 18 heavy (non-hydrogen) atoms. The summed E-state index contributed by atoms with van der Waals surface area (Å²) in [5.74, 6) is 1.07. The highest BCUT2D eigenvalue weighted by Gasteiger charge is 2.14. The summed E-state index contributed by atoms with van der Waals surface area (Å²) in [6.07, 6.45) is 4.45. The van der Waals surface area contributed by atoms with Crippen molar-refractivity contribution in [3.8, 4) is 5.75 Å². The molecule has 0 aromatic heterocycles. The molecule has 1 aromatic rings. The fourth-order valence-electron chi connectivity index (χ4n) is 2.21. The highest BCUT2D eigenvalue weighted by Crippen LogP contribution is 2.28. The average Bonchev–Trinajstić information content (AvgIpc) is 2.85. The Morgan fingerprint density at radius 3 is 3.00 bits per heavy atom. The Kier molecular flexibility index (Phi) is 4.95. The smallest absolute Gasteiger partial charge is 0.122 e. The van der Waals surface area contributed by atoms with E-state index in [0.29, 0.717) is 6.04 Å². The van der Waals surface area contributed by atoms with Crippen molar-refractivity contribution in [2.75, 3.05) is 19.4 Å². The maximum Gasteiger partial charge on any atom is 0.122 e. The Morgan fingerprint density at radius 2 is 2.22 bits per heavy atom. The first kappa shape index (κ1) is 13.8. The molecule has 0 radical (unpaired) electrons. The van der Waals surface area contributed by atoms with Crippen molar-refractivity contribution in [1.29, 1.82) is 0 Å². The third-order valence-corrected chi connectivity index (χ3v) is 4.66. The van der Waals surface area contributed by atoms with E-state index in [1.54, 1.807) is 0 Å². The quantitative estimate of drug-likeness (QED) is 0.851. The van der Waals surface area contributed by atoms with E-state index >= 15 is 0 Å². The van der Waals surface area contributed by atoms with E-state index < -0.39 is 0 Å². The maximum absolute atomic E-state index is 5.54. The summed E-state index contributed by atoms with van der Waals surface area (Å²) < 4.78 is 5.54. The van der Waals surface area contributed by atoms with Gasteiger partial charge in [0.05, 0.1) is 6.61 Å². The first-order valence-electron chi connectivity index (χ1n) is 6.72. The van der Waals surface area contributed by atoms with Gasteiger partial charge in [0, 0.05) is 17.7 Å². The van der Waals surface area contributed by atoms with Crippen molar-refractivity contribution in [3.05, 3.63) is 29.3 Å². The van der Waals surface area contributed by atoms with Gasteiger partial charge in [0.1, 0.15) is 5.75 Å². The number of hydrogen-bond donors (Lipinski definition) is 1. The molecule has 0 bridgehead atoms. The number of thioether (sulfide) groups is 1. The zero-order chi connectivity index (χ0) is 13.0. The van der Waals surface area contributed by atoms with Crippen LogP contribution in [-0.2, 0) is 6.42 Å². The first-order chi connectivity index (χ1) is 8.70. The van der Waals surface area contributed by atoms with Gasteiger partial charge in [-0.1, -0.05) is 19.1 Å². The Morgan fingerprint density at radius 1 is 1.39 bits per heavy atom. The summed E-state index contributed by atoms with van der Waals surface area (Å²) in [7, 11) is 0. The van der Waals surface area contributed by atoms with Crippen LogP contribution in [0.1, 0.15) is 37.4 Å². The number of benzene rings is 1. The van der Waals surface area contributed by atoms with Gasteiger partial charge in [0.15, 0.2) is 0 Å². The molecule has 0 saturated carbocycles. The molecule has 0 spiro atoms. The minimum Gasteiger partial charge on any atom is -0.493 e. The molecule has 2 atom stereocenters. The average molecular weight is 265 g/mol. The molecule has 0 saturated heterocycles. The van der Waals surface area contributed by atoms with Gasteiger partial charge in [-0.2, -0.15) is 11.8 Å². The van der Waals surface area contributed by atoms with Gasteiger partial charge >= 0.3 is 0 Å². The van der Waals surface area contributed by atoms with Gasteiger partial charge in [-0.25, -0.2) is 0 Å². The molecule has 2 nitrogen and oxygen atoms in total. The molecule has 1 N–H and O–H groups in total. The molecule has 3 heteroatoms. The number of ether oxygens (including phenoxy) is 1. The Hall–Kier alpha value is -0.670. The molecule has 2 rings (SSSR count). The van der Waals surface area contributed by atoms with Crippen LogP contribution in [0.4, 0.5) is 0 Å². The van der Waals surface area contributed by atoms with Gasteiger partial charge in [-0.3, -0.25) is 0 Å². The molecule has 0 aliphatic carbocycles. The van der Waals surface area contributed by atoms with Crippen LogP contribution < -0.4 is 10.1 Å². The van der Waals surface area contributed by atoms with E-state index in [-0.39, 0.29) is 0 Å². The predicted molar refractivity (Wildman–Crippen MR) is 79.7 cm³/mol. The van der Waals surface area contributed by atoms with Crippen LogP contribution in [0.15, 0.2) is 18.2 Å². The van der Waals surface area contributed by atoms with E-state index in [2.05, 4.69) is 43.6 Å². The second-order valence-corrected chi connectivity index (χ2v) is 6.25. The normalized spacial score (nSPS) is 17.1. The fourth-order valence-corrected chi connectivity index (χ4v) is 2.57. The summed E-state index contributed by atoms with van der Waals surface area (Å²) in [5, 5.41) is 4.34. The lowest BCUT2D eigenvalue weighted by Crippen LogP contribution is -2.21. The summed E-state index contributed by atoms with van der Waals surface area (Å²) in [5.41, 5.74) is 2.73. The zero-order valence-corrected chi connectivity index (χ0v) is 12.3. The van der Waals surface area contributed by atoms with Gasteiger partial charge < -0.3 is 10.1 Å². The molecule has 100 valence electrons.